The standard InChI is InChI=1S/C10H18O/c1-3-5-7-8-10-11-9-6-4-2/h3,5,7-8H,4,6,9-10H2,1-2H3. The largest absolute Gasteiger partial charge is 0.377 e. The van der Waals surface area contributed by atoms with Crippen LogP contribution in [0.15, 0.2) is 24.3 Å². The fraction of sp³-hybridized carbons (Fsp3) is 0.600. The molecular formula is C10H18O. The Labute approximate surface area is 69.8 Å². The lowest BCUT2D eigenvalue weighted by Crippen LogP contribution is -1.92. The van der Waals surface area contributed by atoms with Crippen molar-refractivity contribution in [1.29, 1.82) is 0 Å². The zero-order valence-electron chi connectivity index (χ0n) is 7.55. The molecule has 0 N–H and O–H groups in total. The van der Waals surface area contributed by atoms with Crippen molar-refractivity contribution >= 4 is 0 Å². The Morgan fingerprint density at radius 3 is 2.73 bits per heavy atom. The monoisotopic (exact) mass is 154 g/mol. The first-order chi connectivity index (χ1) is 5.41. The van der Waals surface area contributed by atoms with Crippen LogP contribution in [0, 0.1) is 0 Å². The quantitative estimate of drug-likeness (QED) is 0.422. The second-order valence-corrected chi connectivity index (χ2v) is 2.38. The summed E-state index contributed by atoms with van der Waals surface area (Å²) in [6, 6.07) is 0. The summed E-state index contributed by atoms with van der Waals surface area (Å²) in [5, 5.41) is 0. The highest BCUT2D eigenvalue weighted by Gasteiger charge is 1.81. The van der Waals surface area contributed by atoms with Gasteiger partial charge in [-0.1, -0.05) is 37.6 Å². The molecule has 0 heterocycles. The Balaban J connectivity index is 3.01. The van der Waals surface area contributed by atoms with E-state index in [0.29, 0.717) is 0 Å². The summed E-state index contributed by atoms with van der Waals surface area (Å²) in [5.41, 5.74) is 0. The number of unbranched alkanes of at least 4 members (excludes halogenated alkanes) is 1. The lowest BCUT2D eigenvalue weighted by molar-refractivity contribution is 0.159. The van der Waals surface area contributed by atoms with Gasteiger partial charge in [0.05, 0.1) is 6.61 Å². The minimum Gasteiger partial charge on any atom is -0.377 e. The smallest absolute Gasteiger partial charge is 0.0650 e. The summed E-state index contributed by atoms with van der Waals surface area (Å²) in [6.45, 7) is 5.79. The molecule has 0 aliphatic heterocycles. The molecule has 1 heteroatoms. The van der Waals surface area contributed by atoms with Gasteiger partial charge in [-0.25, -0.2) is 0 Å². The second kappa shape index (κ2) is 9.44. The van der Waals surface area contributed by atoms with Gasteiger partial charge >= 0.3 is 0 Å². The summed E-state index contributed by atoms with van der Waals surface area (Å²) >= 11 is 0. The van der Waals surface area contributed by atoms with Crippen LogP contribution in [0.25, 0.3) is 0 Å². The zero-order chi connectivity index (χ0) is 8.36. The van der Waals surface area contributed by atoms with Crippen LogP contribution >= 0.6 is 0 Å². The molecule has 0 unspecified atom stereocenters. The van der Waals surface area contributed by atoms with E-state index in [4.69, 9.17) is 4.74 Å². The third-order valence-corrected chi connectivity index (χ3v) is 1.30. The van der Waals surface area contributed by atoms with Crippen molar-refractivity contribution in [2.24, 2.45) is 0 Å². The first-order valence-electron chi connectivity index (χ1n) is 4.27. The Kier molecular flexibility index (Phi) is 8.96. The summed E-state index contributed by atoms with van der Waals surface area (Å²) < 4.78 is 5.30. The van der Waals surface area contributed by atoms with E-state index in [9.17, 15) is 0 Å². The van der Waals surface area contributed by atoms with Crippen molar-refractivity contribution < 1.29 is 4.74 Å². The number of hydrogen-bond donors (Lipinski definition) is 0. The van der Waals surface area contributed by atoms with Gasteiger partial charge in [0.15, 0.2) is 0 Å². The molecule has 0 saturated carbocycles. The third-order valence-electron chi connectivity index (χ3n) is 1.30. The Morgan fingerprint density at radius 1 is 1.27 bits per heavy atom. The number of allylic oxidation sites excluding steroid dienone is 3. The molecule has 64 valence electrons. The number of ether oxygens (including phenoxy) is 1. The molecule has 0 atom stereocenters. The Morgan fingerprint density at radius 2 is 2.09 bits per heavy atom. The normalized spacial score (nSPS) is 11.8. The van der Waals surface area contributed by atoms with Gasteiger partial charge in [-0.15, -0.1) is 0 Å². The van der Waals surface area contributed by atoms with E-state index in [1.165, 1.54) is 6.42 Å². The second-order valence-electron chi connectivity index (χ2n) is 2.38. The van der Waals surface area contributed by atoms with Crippen LogP contribution in [0.5, 0.6) is 0 Å². The topological polar surface area (TPSA) is 9.23 Å². The highest BCUT2D eigenvalue weighted by atomic mass is 16.5. The van der Waals surface area contributed by atoms with Gasteiger partial charge in [-0.05, 0) is 13.3 Å². The molecule has 0 radical (unpaired) electrons. The van der Waals surface area contributed by atoms with Crippen molar-refractivity contribution in [2.75, 3.05) is 13.2 Å². The minimum atomic E-state index is 0.740. The zero-order valence-corrected chi connectivity index (χ0v) is 7.55. The summed E-state index contributed by atoms with van der Waals surface area (Å²) in [4.78, 5) is 0. The summed E-state index contributed by atoms with van der Waals surface area (Å²) in [6.07, 6.45) is 10.4. The first-order valence-corrected chi connectivity index (χ1v) is 4.27. The molecule has 0 bridgehead atoms. The molecule has 0 aromatic heterocycles. The average Bonchev–Trinajstić information content (AvgIpc) is 2.03. The molecule has 0 amide bonds. The van der Waals surface area contributed by atoms with Gasteiger partial charge in [0.1, 0.15) is 0 Å². The fourth-order valence-corrected chi connectivity index (χ4v) is 0.643. The molecule has 0 fully saturated rings. The van der Waals surface area contributed by atoms with Crippen LogP contribution < -0.4 is 0 Å². The molecule has 0 aromatic rings. The summed E-state index contributed by atoms with van der Waals surface area (Å²) in [7, 11) is 0. The van der Waals surface area contributed by atoms with Gasteiger partial charge in [0, 0.05) is 6.61 Å². The highest BCUT2D eigenvalue weighted by Crippen LogP contribution is 1.87. The maximum absolute atomic E-state index is 5.30. The Hall–Kier alpha value is -0.560. The maximum Gasteiger partial charge on any atom is 0.0650 e. The maximum atomic E-state index is 5.30. The molecule has 0 aliphatic rings. The van der Waals surface area contributed by atoms with Crippen LogP contribution in [0.3, 0.4) is 0 Å². The van der Waals surface area contributed by atoms with Crippen LogP contribution in [-0.4, -0.2) is 13.2 Å². The fourth-order valence-electron chi connectivity index (χ4n) is 0.643. The van der Waals surface area contributed by atoms with E-state index >= 15 is 0 Å². The molecule has 11 heavy (non-hydrogen) atoms. The Bertz CT molecular complexity index is 114. The van der Waals surface area contributed by atoms with Crippen LogP contribution in [0.2, 0.25) is 0 Å². The van der Waals surface area contributed by atoms with E-state index in [-0.39, 0.29) is 0 Å². The third kappa shape index (κ3) is 9.44. The predicted molar refractivity (Wildman–Crippen MR) is 49.7 cm³/mol. The van der Waals surface area contributed by atoms with Crippen molar-refractivity contribution in [1.82, 2.24) is 0 Å². The highest BCUT2D eigenvalue weighted by molar-refractivity contribution is 5.00. The molecule has 0 saturated heterocycles. The van der Waals surface area contributed by atoms with Gasteiger partial charge in [0.2, 0.25) is 0 Å². The number of rotatable bonds is 6. The lowest BCUT2D eigenvalue weighted by atomic mass is 10.4. The van der Waals surface area contributed by atoms with E-state index in [1.807, 2.05) is 31.2 Å². The molecular weight excluding hydrogens is 136 g/mol. The number of hydrogen-bond acceptors (Lipinski definition) is 1. The van der Waals surface area contributed by atoms with Crippen molar-refractivity contribution in [3.63, 3.8) is 0 Å². The molecule has 0 rings (SSSR count). The van der Waals surface area contributed by atoms with Crippen molar-refractivity contribution in [3.05, 3.63) is 24.3 Å². The van der Waals surface area contributed by atoms with Gasteiger partial charge < -0.3 is 4.74 Å². The van der Waals surface area contributed by atoms with Crippen molar-refractivity contribution in [3.8, 4) is 0 Å². The molecule has 0 aromatic carbocycles. The summed E-state index contributed by atoms with van der Waals surface area (Å²) in [5.74, 6) is 0. The average molecular weight is 154 g/mol. The first kappa shape index (κ1) is 10.4. The van der Waals surface area contributed by atoms with Gasteiger partial charge in [-0.2, -0.15) is 0 Å². The van der Waals surface area contributed by atoms with E-state index in [1.54, 1.807) is 0 Å². The van der Waals surface area contributed by atoms with E-state index < -0.39 is 0 Å². The van der Waals surface area contributed by atoms with Crippen LogP contribution in [0.1, 0.15) is 26.7 Å². The molecule has 0 spiro atoms. The van der Waals surface area contributed by atoms with E-state index in [2.05, 4.69) is 6.92 Å². The van der Waals surface area contributed by atoms with Gasteiger partial charge in [0.25, 0.3) is 0 Å². The van der Waals surface area contributed by atoms with Gasteiger partial charge in [-0.3, -0.25) is 0 Å². The van der Waals surface area contributed by atoms with E-state index in [0.717, 1.165) is 19.6 Å². The minimum absolute atomic E-state index is 0.740. The van der Waals surface area contributed by atoms with Crippen LogP contribution in [0.4, 0.5) is 0 Å². The van der Waals surface area contributed by atoms with Crippen LogP contribution in [-0.2, 0) is 4.74 Å². The SMILES string of the molecule is CC=CC=CCOCCCC. The lowest BCUT2D eigenvalue weighted by Gasteiger charge is -1.96. The molecule has 1 nitrogen and oxygen atoms in total. The predicted octanol–water partition coefficient (Wildman–Crippen LogP) is 2.94. The van der Waals surface area contributed by atoms with Crippen molar-refractivity contribution in [2.45, 2.75) is 26.7 Å². The molecule has 0 aliphatic carbocycles.